The summed E-state index contributed by atoms with van der Waals surface area (Å²) in [5.74, 6) is 0.786. The maximum Gasteiger partial charge on any atom is 0.191 e. The molecule has 22 heavy (non-hydrogen) atoms. The molecule has 0 aliphatic heterocycles. The Hall–Kier alpha value is -1.22. The van der Waals surface area contributed by atoms with Crippen LogP contribution >= 0.6 is 35.3 Å². The zero-order chi connectivity index (χ0) is 14.9. The van der Waals surface area contributed by atoms with Gasteiger partial charge in [0.2, 0.25) is 0 Å². The van der Waals surface area contributed by atoms with Crippen LogP contribution in [0.1, 0.15) is 30.2 Å². The summed E-state index contributed by atoms with van der Waals surface area (Å²) in [6, 6.07) is 5.89. The van der Waals surface area contributed by atoms with Crippen LogP contribution < -0.4 is 10.6 Å². The molecule has 0 aromatic carbocycles. The smallest absolute Gasteiger partial charge is 0.191 e. The average molecular weight is 431 g/mol. The van der Waals surface area contributed by atoms with Gasteiger partial charge in [-0.15, -0.1) is 35.3 Å². The van der Waals surface area contributed by atoms with Crippen molar-refractivity contribution in [3.05, 3.63) is 46.2 Å². The molecule has 2 heterocycles. The molecule has 0 spiro atoms. The fourth-order valence-corrected chi connectivity index (χ4v) is 2.50. The van der Waals surface area contributed by atoms with Crippen LogP contribution in [0.15, 0.2) is 34.8 Å². The van der Waals surface area contributed by atoms with E-state index in [1.165, 1.54) is 0 Å². The molecule has 5 nitrogen and oxygen atoms in total. The van der Waals surface area contributed by atoms with E-state index in [9.17, 15) is 0 Å². The molecule has 0 unspecified atom stereocenters. The van der Waals surface area contributed by atoms with E-state index in [-0.39, 0.29) is 24.0 Å². The highest BCUT2D eigenvalue weighted by Gasteiger charge is 2.02. The van der Waals surface area contributed by atoms with Gasteiger partial charge in [-0.1, -0.05) is 13.0 Å². The molecule has 2 rings (SSSR count). The number of hydrogen-bond donors (Lipinski definition) is 2. The number of rotatable bonds is 6. The van der Waals surface area contributed by atoms with Gasteiger partial charge in [0, 0.05) is 18.1 Å². The van der Waals surface area contributed by atoms with Gasteiger partial charge in [0.1, 0.15) is 0 Å². The Morgan fingerprint density at radius 2 is 2.09 bits per heavy atom. The van der Waals surface area contributed by atoms with E-state index in [1.807, 2.05) is 18.2 Å². The zero-order valence-corrected chi connectivity index (χ0v) is 16.0. The Morgan fingerprint density at radius 1 is 1.23 bits per heavy atom. The normalized spacial score (nSPS) is 10.9. The minimum absolute atomic E-state index is 0. The fourth-order valence-electron chi connectivity index (χ4n) is 1.76. The SMILES string of the molecule is CCNC(=NCc1csc(CC)n1)NCc1ccccn1.I. The molecule has 0 bridgehead atoms. The van der Waals surface area contributed by atoms with Crippen molar-refractivity contribution in [2.24, 2.45) is 4.99 Å². The topological polar surface area (TPSA) is 62.2 Å². The summed E-state index contributed by atoms with van der Waals surface area (Å²) in [5.41, 5.74) is 2.01. The van der Waals surface area contributed by atoms with E-state index in [0.29, 0.717) is 13.1 Å². The molecule has 0 saturated carbocycles. The number of aryl methyl sites for hydroxylation is 1. The first kappa shape index (κ1) is 18.8. The number of nitrogens with zero attached hydrogens (tertiary/aromatic N) is 3. The minimum atomic E-state index is 0. The second kappa shape index (κ2) is 10.5. The third-order valence-corrected chi connectivity index (χ3v) is 3.85. The Morgan fingerprint density at radius 3 is 2.73 bits per heavy atom. The van der Waals surface area contributed by atoms with Gasteiger partial charge in [-0.25, -0.2) is 9.98 Å². The number of aromatic nitrogens is 2. The van der Waals surface area contributed by atoms with Gasteiger partial charge in [0.05, 0.1) is 29.5 Å². The average Bonchev–Trinajstić information content (AvgIpc) is 2.99. The lowest BCUT2D eigenvalue weighted by Gasteiger charge is -2.10. The zero-order valence-electron chi connectivity index (χ0n) is 12.9. The second-order valence-corrected chi connectivity index (χ2v) is 5.40. The van der Waals surface area contributed by atoms with Gasteiger partial charge < -0.3 is 10.6 Å². The maximum absolute atomic E-state index is 4.56. The molecule has 0 fully saturated rings. The number of aliphatic imine (C=N–C) groups is 1. The van der Waals surface area contributed by atoms with Gasteiger partial charge in [0.15, 0.2) is 5.96 Å². The summed E-state index contributed by atoms with van der Waals surface area (Å²) in [6.07, 6.45) is 2.77. The Labute approximate surface area is 152 Å². The van der Waals surface area contributed by atoms with Crippen molar-refractivity contribution in [1.82, 2.24) is 20.6 Å². The maximum atomic E-state index is 4.56. The van der Waals surface area contributed by atoms with Gasteiger partial charge in [-0.3, -0.25) is 4.98 Å². The van der Waals surface area contributed by atoms with E-state index in [0.717, 1.165) is 35.3 Å². The predicted molar refractivity (Wildman–Crippen MR) is 103 cm³/mol. The first-order valence-corrected chi connectivity index (χ1v) is 8.05. The van der Waals surface area contributed by atoms with Crippen molar-refractivity contribution >= 4 is 41.3 Å². The summed E-state index contributed by atoms with van der Waals surface area (Å²) in [6.45, 7) is 6.24. The van der Waals surface area contributed by atoms with Crippen LogP contribution in [-0.2, 0) is 19.5 Å². The molecule has 0 radical (unpaired) electrons. The summed E-state index contributed by atoms with van der Waals surface area (Å²) < 4.78 is 0. The molecule has 7 heteroatoms. The number of halogens is 1. The molecule has 2 aromatic rings. The van der Waals surface area contributed by atoms with Crippen molar-refractivity contribution in [2.45, 2.75) is 33.4 Å². The van der Waals surface area contributed by atoms with Gasteiger partial charge in [-0.2, -0.15) is 0 Å². The summed E-state index contributed by atoms with van der Waals surface area (Å²) in [7, 11) is 0. The first-order valence-electron chi connectivity index (χ1n) is 7.17. The Balaban J connectivity index is 0.00000242. The van der Waals surface area contributed by atoms with Gasteiger partial charge >= 0.3 is 0 Å². The minimum Gasteiger partial charge on any atom is -0.357 e. The van der Waals surface area contributed by atoms with E-state index in [1.54, 1.807) is 17.5 Å². The molecule has 0 atom stereocenters. The van der Waals surface area contributed by atoms with E-state index in [2.05, 4.69) is 44.8 Å². The summed E-state index contributed by atoms with van der Waals surface area (Å²) in [4.78, 5) is 13.4. The lowest BCUT2D eigenvalue weighted by Crippen LogP contribution is -2.37. The van der Waals surface area contributed by atoms with E-state index >= 15 is 0 Å². The third-order valence-electron chi connectivity index (χ3n) is 2.81. The van der Waals surface area contributed by atoms with Crippen molar-refractivity contribution < 1.29 is 0 Å². The molecule has 120 valence electrons. The summed E-state index contributed by atoms with van der Waals surface area (Å²) >= 11 is 1.69. The molecule has 2 N–H and O–H groups in total. The largest absolute Gasteiger partial charge is 0.357 e. The van der Waals surface area contributed by atoms with Crippen molar-refractivity contribution in [3.8, 4) is 0 Å². The van der Waals surface area contributed by atoms with E-state index in [4.69, 9.17) is 0 Å². The van der Waals surface area contributed by atoms with Gasteiger partial charge in [0.25, 0.3) is 0 Å². The lowest BCUT2D eigenvalue weighted by atomic mass is 10.3. The van der Waals surface area contributed by atoms with Crippen LogP contribution in [0.5, 0.6) is 0 Å². The van der Waals surface area contributed by atoms with Crippen molar-refractivity contribution in [3.63, 3.8) is 0 Å². The Bertz CT molecular complexity index is 570. The monoisotopic (exact) mass is 431 g/mol. The highest BCUT2D eigenvalue weighted by Crippen LogP contribution is 2.10. The van der Waals surface area contributed by atoms with Crippen LogP contribution in [0.4, 0.5) is 0 Å². The molecule has 0 aliphatic carbocycles. The van der Waals surface area contributed by atoms with Gasteiger partial charge in [-0.05, 0) is 25.5 Å². The molecular formula is C15H22IN5S. The molecule has 2 aromatic heterocycles. The highest BCUT2D eigenvalue weighted by atomic mass is 127. The highest BCUT2D eigenvalue weighted by molar-refractivity contribution is 14.0. The number of hydrogen-bond acceptors (Lipinski definition) is 4. The quantitative estimate of drug-likeness (QED) is 0.420. The molecule has 0 aliphatic rings. The number of thiazole rings is 1. The second-order valence-electron chi connectivity index (χ2n) is 4.46. The van der Waals surface area contributed by atoms with Crippen molar-refractivity contribution in [2.75, 3.05) is 6.54 Å². The fraction of sp³-hybridized carbons (Fsp3) is 0.400. The van der Waals surface area contributed by atoms with Crippen LogP contribution in [-0.4, -0.2) is 22.5 Å². The molecular weight excluding hydrogens is 409 g/mol. The van der Waals surface area contributed by atoms with Crippen LogP contribution in [0, 0.1) is 0 Å². The standard InChI is InChI=1S/C15H21N5S.HI/c1-3-14-20-13(11-21-14)10-19-15(16-4-2)18-9-12-7-5-6-8-17-12;/h5-8,11H,3-4,9-10H2,1-2H3,(H2,16,18,19);1H. The first-order chi connectivity index (χ1) is 10.3. The van der Waals surface area contributed by atoms with E-state index < -0.39 is 0 Å². The lowest BCUT2D eigenvalue weighted by molar-refractivity contribution is 0.796. The Kier molecular flexibility index (Phi) is 8.98. The van der Waals surface area contributed by atoms with Crippen molar-refractivity contribution in [1.29, 1.82) is 0 Å². The molecule has 0 saturated heterocycles. The number of nitrogens with one attached hydrogen (secondary N) is 2. The van der Waals surface area contributed by atoms with Crippen LogP contribution in [0.2, 0.25) is 0 Å². The van der Waals surface area contributed by atoms with Crippen LogP contribution in [0.3, 0.4) is 0 Å². The van der Waals surface area contributed by atoms with Crippen LogP contribution in [0.25, 0.3) is 0 Å². The molecule has 0 amide bonds. The number of guanidine groups is 1. The third kappa shape index (κ3) is 6.27. The summed E-state index contributed by atoms with van der Waals surface area (Å²) in [5, 5.41) is 9.74. The predicted octanol–water partition coefficient (Wildman–Crippen LogP) is 2.97. The number of pyridine rings is 1.